The lowest BCUT2D eigenvalue weighted by Crippen LogP contribution is -2.28. The molecule has 1 aromatic heterocycles. The van der Waals surface area contributed by atoms with Crippen LogP contribution in [0.1, 0.15) is 37.1 Å². The molecule has 0 saturated carbocycles. The molecule has 0 atom stereocenters. The van der Waals surface area contributed by atoms with E-state index >= 15 is 0 Å². The molecule has 0 spiro atoms. The molecular formula is C16H18N2O2S. The first-order chi connectivity index (χ1) is 9.96. The second kappa shape index (κ2) is 5.15. The van der Waals surface area contributed by atoms with Gasteiger partial charge in [-0.05, 0) is 56.4 Å². The molecule has 2 N–H and O–H groups in total. The molecule has 0 unspecified atom stereocenters. The summed E-state index contributed by atoms with van der Waals surface area (Å²) in [6.07, 6.45) is 3.54. The first-order valence-electron chi connectivity index (χ1n) is 7.05. The highest BCUT2D eigenvalue weighted by molar-refractivity contribution is 7.13. The highest BCUT2D eigenvalue weighted by Crippen LogP contribution is 2.30. The fourth-order valence-electron chi connectivity index (χ4n) is 2.50. The standard InChI is InChI=1S/C16H18N2O2S/c1-16(2,14(19)20)13-9-21-15(18-13)17-12-7-6-10-4-3-5-11(10)8-12/h6-9H,3-5H2,1-2H3,(H,17,18)(H,19,20). The molecule has 21 heavy (non-hydrogen) atoms. The van der Waals surface area contributed by atoms with Gasteiger partial charge in [0, 0.05) is 11.1 Å². The van der Waals surface area contributed by atoms with E-state index in [0.29, 0.717) is 5.69 Å². The maximum atomic E-state index is 11.3. The Labute approximate surface area is 127 Å². The fraction of sp³-hybridized carbons (Fsp3) is 0.375. The largest absolute Gasteiger partial charge is 0.481 e. The lowest BCUT2D eigenvalue weighted by Gasteiger charge is -2.15. The van der Waals surface area contributed by atoms with Crippen molar-refractivity contribution in [3.8, 4) is 0 Å². The van der Waals surface area contributed by atoms with Gasteiger partial charge >= 0.3 is 5.97 Å². The minimum atomic E-state index is -0.964. The Morgan fingerprint density at radius 3 is 2.86 bits per heavy atom. The van der Waals surface area contributed by atoms with Crippen molar-refractivity contribution in [3.05, 3.63) is 40.4 Å². The first-order valence-corrected chi connectivity index (χ1v) is 7.93. The van der Waals surface area contributed by atoms with Crippen molar-refractivity contribution in [3.63, 3.8) is 0 Å². The third-order valence-electron chi connectivity index (χ3n) is 4.03. The van der Waals surface area contributed by atoms with Crippen LogP contribution in [0, 0.1) is 0 Å². The zero-order valence-corrected chi connectivity index (χ0v) is 13.0. The Hall–Kier alpha value is -1.88. The molecule has 0 amide bonds. The van der Waals surface area contributed by atoms with Crippen molar-refractivity contribution in [2.75, 3.05) is 5.32 Å². The molecule has 0 fully saturated rings. The summed E-state index contributed by atoms with van der Waals surface area (Å²) in [6.45, 7) is 3.34. The quantitative estimate of drug-likeness (QED) is 0.903. The summed E-state index contributed by atoms with van der Waals surface area (Å²) in [5.41, 5.74) is 3.48. The number of aromatic nitrogens is 1. The molecule has 1 heterocycles. The van der Waals surface area contributed by atoms with E-state index in [4.69, 9.17) is 0 Å². The van der Waals surface area contributed by atoms with E-state index in [1.54, 1.807) is 13.8 Å². The minimum absolute atomic E-state index is 0.587. The van der Waals surface area contributed by atoms with Gasteiger partial charge in [-0.25, -0.2) is 4.98 Å². The monoisotopic (exact) mass is 302 g/mol. The van der Waals surface area contributed by atoms with Crippen molar-refractivity contribution in [1.82, 2.24) is 4.98 Å². The van der Waals surface area contributed by atoms with Crippen molar-refractivity contribution in [1.29, 1.82) is 0 Å². The van der Waals surface area contributed by atoms with E-state index in [9.17, 15) is 9.90 Å². The van der Waals surface area contributed by atoms with Crippen LogP contribution < -0.4 is 5.32 Å². The SMILES string of the molecule is CC(C)(C(=O)O)c1csc(Nc2ccc3c(c2)CCC3)n1. The Bertz CT molecular complexity index is 691. The van der Waals surface area contributed by atoms with Crippen molar-refractivity contribution in [2.45, 2.75) is 38.5 Å². The summed E-state index contributed by atoms with van der Waals surface area (Å²) in [4.78, 5) is 15.7. The highest BCUT2D eigenvalue weighted by atomic mass is 32.1. The molecular weight excluding hydrogens is 284 g/mol. The summed E-state index contributed by atoms with van der Waals surface area (Å²) in [5.74, 6) is -0.864. The molecule has 0 saturated heterocycles. The van der Waals surface area contributed by atoms with Gasteiger partial charge in [0.25, 0.3) is 0 Å². The van der Waals surface area contributed by atoms with E-state index in [1.165, 1.54) is 35.3 Å². The van der Waals surface area contributed by atoms with Gasteiger partial charge in [0.05, 0.1) is 5.69 Å². The van der Waals surface area contributed by atoms with Crippen molar-refractivity contribution < 1.29 is 9.90 Å². The Kier molecular flexibility index (Phi) is 3.45. The number of rotatable bonds is 4. The number of aryl methyl sites for hydroxylation is 2. The maximum Gasteiger partial charge on any atom is 0.315 e. The number of anilines is 2. The van der Waals surface area contributed by atoms with Gasteiger partial charge in [0.15, 0.2) is 5.13 Å². The molecule has 0 radical (unpaired) electrons. The number of benzene rings is 1. The number of thiazole rings is 1. The van der Waals surface area contributed by atoms with E-state index in [2.05, 4.69) is 28.5 Å². The van der Waals surface area contributed by atoms with Gasteiger partial charge < -0.3 is 10.4 Å². The van der Waals surface area contributed by atoms with Gasteiger partial charge in [0.1, 0.15) is 5.41 Å². The highest BCUT2D eigenvalue weighted by Gasteiger charge is 2.32. The van der Waals surface area contributed by atoms with Crippen LogP contribution in [0.25, 0.3) is 0 Å². The average Bonchev–Trinajstić information content (AvgIpc) is 3.06. The number of aliphatic carboxylic acids is 1. The number of carbonyl (C=O) groups is 1. The molecule has 1 aromatic carbocycles. The van der Waals surface area contributed by atoms with Crippen molar-refractivity contribution >= 4 is 28.1 Å². The van der Waals surface area contributed by atoms with Gasteiger partial charge in [-0.15, -0.1) is 11.3 Å². The molecule has 4 nitrogen and oxygen atoms in total. The first kappa shape index (κ1) is 14.1. The Balaban J connectivity index is 1.80. The number of carboxylic acid groups (broad SMARTS) is 1. The molecule has 1 aliphatic carbocycles. The molecule has 110 valence electrons. The van der Waals surface area contributed by atoms with Gasteiger partial charge in [-0.2, -0.15) is 0 Å². The lowest BCUT2D eigenvalue weighted by molar-refractivity contribution is -0.142. The van der Waals surface area contributed by atoms with Crippen LogP contribution >= 0.6 is 11.3 Å². The van der Waals surface area contributed by atoms with E-state index in [1.807, 2.05) is 5.38 Å². The van der Waals surface area contributed by atoms with E-state index in [-0.39, 0.29) is 0 Å². The smallest absolute Gasteiger partial charge is 0.315 e. The molecule has 3 rings (SSSR count). The van der Waals surface area contributed by atoms with Crippen LogP contribution in [0.2, 0.25) is 0 Å². The third-order valence-corrected chi connectivity index (χ3v) is 4.79. The zero-order chi connectivity index (χ0) is 15.0. The number of fused-ring (bicyclic) bond motifs is 1. The molecule has 0 bridgehead atoms. The lowest BCUT2D eigenvalue weighted by atomic mass is 9.90. The van der Waals surface area contributed by atoms with Crippen LogP contribution in [-0.4, -0.2) is 16.1 Å². The number of hydrogen-bond donors (Lipinski definition) is 2. The van der Waals surface area contributed by atoms with Crippen LogP contribution in [0.4, 0.5) is 10.8 Å². The maximum absolute atomic E-state index is 11.3. The van der Waals surface area contributed by atoms with E-state index < -0.39 is 11.4 Å². The van der Waals surface area contributed by atoms with Crippen LogP contribution in [-0.2, 0) is 23.1 Å². The summed E-state index contributed by atoms with van der Waals surface area (Å²) < 4.78 is 0. The number of nitrogens with one attached hydrogen (secondary N) is 1. The number of nitrogens with zero attached hydrogens (tertiary/aromatic N) is 1. The summed E-state index contributed by atoms with van der Waals surface area (Å²) in [5, 5.41) is 15.1. The third kappa shape index (κ3) is 2.65. The second-order valence-corrected chi connectivity index (χ2v) is 6.79. The summed E-state index contributed by atoms with van der Waals surface area (Å²) >= 11 is 1.44. The fourth-order valence-corrected chi connectivity index (χ4v) is 3.40. The van der Waals surface area contributed by atoms with Gasteiger partial charge in [-0.1, -0.05) is 6.07 Å². The van der Waals surface area contributed by atoms with E-state index in [0.717, 1.165) is 17.2 Å². The normalized spacial score (nSPS) is 14.0. The van der Waals surface area contributed by atoms with Crippen LogP contribution in [0.5, 0.6) is 0 Å². The molecule has 5 heteroatoms. The number of hydrogen-bond acceptors (Lipinski definition) is 4. The Morgan fingerprint density at radius 2 is 2.10 bits per heavy atom. The van der Waals surface area contributed by atoms with Crippen LogP contribution in [0.3, 0.4) is 0 Å². The number of carboxylic acids is 1. The molecule has 1 aliphatic rings. The minimum Gasteiger partial charge on any atom is -0.481 e. The van der Waals surface area contributed by atoms with Gasteiger partial charge in [-0.3, -0.25) is 4.79 Å². The predicted octanol–water partition coefficient (Wildman–Crippen LogP) is 3.74. The Morgan fingerprint density at radius 1 is 1.33 bits per heavy atom. The summed E-state index contributed by atoms with van der Waals surface area (Å²) in [6, 6.07) is 6.40. The topological polar surface area (TPSA) is 62.2 Å². The molecule has 0 aliphatic heterocycles. The van der Waals surface area contributed by atoms with Crippen molar-refractivity contribution in [2.24, 2.45) is 0 Å². The zero-order valence-electron chi connectivity index (χ0n) is 12.1. The van der Waals surface area contributed by atoms with Crippen LogP contribution in [0.15, 0.2) is 23.6 Å². The predicted molar refractivity (Wildman–Crippen MR) is 84.5 cm³/mol. The molecule has 2 aromatic rings. The second-order valence-electron chi connectivity index (χ2n) is 5.93. The average molecular weight is 302 g/mol. The van der Waals surface area contributed by atoms with Gasteiger partial charge in [0.2, 0.25) is 0 Å². The summed E-state index contributed by atoms with van der Waals surface area (Å²) in [7, 11) is 0.